The van der Waals surface area contributed by atoms with Crippen molar-refractivity contribution >= 4 is 23.6 Å². The summed E-state index contributed by atoms with van der Waals surface area (Å²) in [6.45, 7) is -0.0102. The summed E-state index contributed by atoms with van der Waals surface area (Å²) in [5, 5.41) is 12.7. The zero-order valence-electron chi connectivity index (χ0n) is 6.67. The SMILES string of the molecule is Nc1nc2n(n1)C(=O)C(CCO)S2. The second kappa shape index (κ2) is 3.00. The number of anilines is 1. The van der Waals surface area contributed by atoms with Crippen LogP contribution in [-0.2, 0) is 0 Å². The summed E-state index contributed by atoms with van der Waals surface area (Å²) in [6, 6.07) is 0. The molecule has 0 amide bonds. The number of aliphatic hydroxyl groups is 1. The predicted molar refractivity (Wildman–Crippen MR) is 46.4 cm³/mol. The molecule has 1 unspecified atom stereocenters. The van der Waals surface area contributed by atoms with E-state index in [1.807, 2.05) is 0 Å². The summed E-state index contributed by atoms with van der Waals surface area (Å²) < 4.78 is 1.19. The van der Waals surface area contributed by atoms with Crippen molar-refractivity contribution < 1.29 is 9.90 Å². The highest BCUT2D eigenvalue weighted by molar-refractivity contribution is 8.00. The normalized spacial score (nSPS) is 20.7. The zero-order chi connectivity index (χ0) is 9.42. The molecule has 7 heteroatoms. The third-order valence-corrected chi connectivity index (χ3v) is 2.91. The van der Waals surface area contributed by atoms with E-state index in [0.29, 0.717) is 11.6 Å². The molecule has 1 aromatic heterocycles. The average molecular weight is 200 g/mol. The van der Waals surface area contributed by atoms with Gasteiger partial charge in [-0.1, -0.05) is 11.8 Å². The van der Waals surface area contributed by atoms with Gasteiger partial charge in [0.25, 0.3) is 5.91 Å². The largest absolute Gasteiger partial charge is 0.396 e. The van der Waals surface area contributed by atoms with Crippen LogP contribution in [0.2, 0.25) is 0 Å². The van der Waals surface area contributed by atoms with E-state index < -0.39 is 0 Å². The van der Waals surface area contributed by atoms with Crippen LogP contribution in [0.4, 0.5) is 5.95 Å². The van der Waals surface area contributed by atoms with E-state index in [4.69, 9.17) is 10.8 Å². The summed E-state index contributed by atoms with van der Waals surface area (Å²) in [7, 11) is 0. The molecule has 6 nitrogen and oxygen atoms in total. The van der Waals surface area contributed by atoms with Crippen LogP contribution >= 0.6 is 11.8 Å². The van der Waals surface area contributed by atoms with Crippen LogP contribution in [0, 0.1) is 0 Å². The number of aromatic nitrogens is 3. The third-order valence-electron chi connectivity index (χ3n) is 1.72. The van der Waals surface area contributed by atoms with Crippen LogP contribution in [0.15, 0.2) is 5.16 Å². The van der Waals surface area contributed by atoms with Crippen molar-refractivity contribution in [1.82, 2.24) is 14.8 Å². The molecule has 0 radical (unpaired) electrons. The van der Waals surface area contributed by atoms with Gasteiger partial charge in [-0.15, -0.1) is 5.10 Å². The fraction of sp³-hybridized carbons (Fsp3) is 0.500. The first-order chi connectivity index (χ1) is 6.22. The summed E-state index contributed by atoms with van der Waals surface area (Å²) in [5.74, 6) is -0.0449. The molecule has 2 heterocycles. The van der Waals surface area contributed by atoms with Gasteiger partial charge in [-0.05, 0) is 6.42 Å². The molecule has 0 bridgehead atoms. The molecule has 13 heavy (non-hydrogen) atoms. The molecule has 0 fully saturated rings. The lowest BCUT2D eigenvalue weighted by atomic mass is 10.3. The number of thioether (sulfide) groups is 1. The second-order valence-electron chi connectivity index (χ2n) is 2.62. The minimum atomic E-state index is -0.263. The van der Waals surface area contributed by atoms with Crippen LogP contribution in [0.25, 0.3) is 0 Å². The monoisotopic (exact) mass is 200 g/mol. The van der Waals surface area contributed by atoms with Crippen molar-refractivity contribution in [3.63, 3.8) is 0 Å². The van der Waals surface area contributed by atoms with Gasteiger partial charge in [0.15, 0.2) is 5.16 Å². The van der Waals surface area contributed by atoms with Gasteiger partial charge in [0.1, 0.15) is 0 Å². The molecule has 0 saturated carbocycles. The molecule has 70 valence electrons. The van der Waals surface area contributed by atoms with E-state index >= 15 is 0 Å². The number of fused-ring (bicyclic) bond motifs is 1. The first-order valence-corrected chi connectivity index (χ1v) is 4.64. The van der Waals surface area contributed by atoms with Crippen LogP contribution in [0.1, 0.15) is 11.2 Å². The predicted octanol–water partition coefficient (Wildman–Crippen LogP) is -0.643. The maximum Gasteiger partial charge on any atom is 0.263 e. The highest BCUT2D eigenvalue weighted by atomic mass is 32.2. The lowest BCUT2D eigenvalue weighted by molar-refractivity contribution is 0.0882. The molecule has 0 aliphatic carbocycles. The van der Waals surface area contributed by atoms with Gasteiger partial charge in [-0.2, -0.15) is 9.67 Å². The fourth-order valence-corrected chi connectivity index (χ4v) is 2.20. The number of nitrogens with zero attached hydrogens (tertiary/aromatic N) is 3. The van der Waals surface area contributed by atoms with E-state index in [-0.39, 0.29) is 23.7 Å². The Balaban J connectivity index is 2.25. The Morgan fingerprint density at radius 3 is 3.08 bits per heavy atom. The third kappa shape index (κ3) is 1.29. The molecule has 0 saturated heterocycles. The van der Waals surface area contributed by atoms with Crippen molar-refractivity contribution in [3.8, 4) is 0 Å². The van der Waals surface area contributed by atoms with Crippen molar-refractivity contribution in [2.75, 3.05) is 12.3 Å². The minimum Gasteiger partial charge on any atom is -0.396 e. The maximum atomic E-state index is 11.5. The Labute approximate surface area is 78.1 Å². The Kier molecular flexibility index (Phi) is 1.97. The number of rotatable bonds is 2. The highest BCUT2D eigenvalue weighted by Crippen LogP contribution is 2.31. The Hall–Kier alpha value is -1.08. The van der Waals surface area contributed by atoms with Gasteiger partial charge in [-0.25, -0.2) is 0 Å². The van der Waals surface area contributed by atoms with E-state index in [2.05, 4.69) is 10.1 Å². The van der Waals surface area contributed by atoms with Gasteiger partial charge in [-0.3, -0.25) is 4.79 Å². The molecule has 3 N–H and O–H groups in total. The first kappa shape index (κ1) is 8.52. The van der Waals surface area contributed by atoms with Gasteiger partial charge in [0, 0.05) is 6.61 Å². The summed E-state index contributed by atoms with van der Waals surface area (Å²) >= 11 is 1.29. The first-order valence-electron chi connectivity index (χ1n) is 3.76. The molecule has 0 spiro atoms. The smallest absolute Gasteiger partial charge is 0.263 e. The number of carbonyl (C=O) groups is 1. The fourth-order valence-electron chi connectivity index (χ4n) is 1.15. The number of hydrogen-bond acceptors (Lipinski definition) is 6. The Morgan fingerprint density at radius 2 is 2.46 bits per heavy atom. The molecular weight excluding hydrogens is 192 g/mol. The summed E-state index contributed by atoms with van der Waals surface area (Å²) in [6.07, 6.45) is 0.425. The van der Waals surface area contributed by atoms with E-state index in [0.717, 1.165) is 0 Å². The van der Waals surface area contributed by atoms with Crippen molar-refractivity contribution in [2.45, 2.75) is 16.8 Å². The van der Waals surface area contributed by atoms with Crippen LogP contribution < -0.4 is 5.73 Å². The van der Waals surface area contributed by atoms with E-state index in [1.165, 1.54) is 16.4 Å². The van der Waals surface area contributed by atoms with E-state index in [9.17, 15) is 4.79 Å². The van der Waals surface area contributed by atoms with Gasteiger partial charge in [0.05, 0.1) is 5.25 Å². The van der Waals surface area contributed by atoms with Gasteiger partial charge < -0.3 is 10.8 Å². The Bertz CT molecular complexity index is 350. The standard InChI is InChI=1S/C6H8N4O2S/c7-5-8-6-10(9-5)4(12)3(13-6)1-2-11/h3,11H,1-2H2,(H2,7,9). The molecule has 1 aliphatic heterocycles. The second-order valence-corrected chi connectivity index (χ2v) is 3.79. The average Bonchev–Trinajstić information content (AvgIpc) is 2.54. The van der Waals surface area contributed by atoms with Crippen LogP contribution in [0.3, 0.4) is 0 Å². The summed E-state index contributed by atoms with van der Waals surface area (Å²) in [4.78, 5) is 15.3. The van der Waals surface area contributed by atoms with E-state index in [1.54, 1.807) is 0 Å². The quantitative estimate of drug-likeness (QED) is 0.659. The lowest BCUT2D eigenvalue weighted by Crippen LogP contribution is -2.20. The summed E-state index contributed by atoms with van der Waals surface area (Å²) in [5.41, 5.74) is 5.31. The van der Waals surface area contributed by atoms with Gasteiger partial charge >= 0.3 is 0 Å². The van der Waals surface area contributed by atoms with Crippen molar-refractivity contribution in [1.29, 1.82) is 0 Å². The van der Waals surface area contributed by atoms with Crippen molar-refractivity contribution in [2.24, 2.45) is 0 Å². The minimum absolute atomic E-state index is 0.0102. The lowest BCUT2D eigenvalue weighted by Gasteiger charge is -2.01. The highest BCUT2D eigenvalue weighted by Gasteiger charge is 2.33. The Morgan fingerprint density at radius 1 is 1.69 bits per heavy atom. The van der Waals surface area contributed by atoms with Crippen molar-refractivity contribution in [3.05, 3.63) is 0 Å². The molecule has 1 aromatic rings. The topological polar surface area (TPSA) is 94.0 Å². The van der Waals surface area contributed by atoms with Crippen LogP contribution in [0.5, 0.6) is 0 Å². The zero-order valence-corrected chi connectivity index (χ0v) is 7.49. The van der Waals surface area contributed by atoms with Crippen LogP contribution in [-0.4, -0.2) is 37.6 Å². The number of nitrogens with two attached hydrogens (primary N) is 1. The molecule has 1 aliphatic rings. The molecule has 0 aromatic carbocycles. The van der Waals surface area contributed by atoms with Gasteiger partial charge in [0.2, 0.25) is 5.95 Å². The number of carbonyl (C=O) groups excluding carboxylic acids is 1. The number of hydrogen-bond donors (Lipinski definition) is 2. The molecule has 2 rings (SSSR count). The number of aliphatic hydroxyl groups excluding tert-OH is 1. The molecular formula is C6H8N4O2S. The maximum absolute atomic E-state index is 11.5. The number of nitrogen functional groups attached to an aromatic ring is 1. The molecule has 1 atom stereocenters.